The lowest BCUT2D eigenvalue weighted by molar-refractivity contribution is 0.577. The van der Waals surface area contributed by atoms with Gasteiger partial charge in [-0.15, -0.1) is 0 Å². The third-order valence-corrected chi connectivity index (χ3v) is 6.83. The van der Waals surface area contributed by atoms with E-state index in [-0.39, 0.29) is 4.90 Å². The number of fused-ring (bicyclic) bond motifs is 1. The van der Waals surface area contributed by atoms with Crippen LogP contribution < -0.4 is 9.62 Å². The molecule has 2 aliphatic rings. The number of anilines is 1. The van der Waals surface area contributed by atoms with Crippen LogP contribution in [0.25, 0.3) is 0 Å². The van der Waals surface area contributed by atoms with Crippen molar-refractivity contribution in [3.05, 3.63) is 35.5 Å². The number of pyridine rings is 1. The summed E-state index contributed by atoms with van der Waals surface area (Å²) in [7, 11) is -1.38. The molecule has 1 aliphatic carbocycles. The average molecular weight is 390 g/mol. The molecule has 0 amide bonds. The van der Waals surface area contributed by atoms with Crippen LogP contribution in [0.4, 0.5) is 5.82 Å². The van der Waals surface area contributed by atoms with Crippen LogP contribution >= 0.6 is 0 Å². The predicted molar refractivity (Wildman–Crippen MR) is 104 cm³/mol. The van der Waals surface area contributed by atoms with E-state index in [1.165, 1.54) is 11.9 Å². The maximum absolute atomic E-state index is 12.3. The number of rotatable bonds is 6. The molecule has 27 heavy (non-hydrogen) atoms. The summed E-state index contributed by atoms with van der Waals surface area (Å²) in [5.74, 6) is 2.79. The molecule has 3 heterocycles. The number of nitrogens with zero attached hydrogens (tertiary/aromatic N) is 4. The highest BCUT2D eigenvalue weighted by molar-refractivity contribution is 7.89. The second-order valence-corrected chi connectivity index (χ2v) is 9.66. The highest BCUT2D eigenvalue weighted by Crippen LogP contribution is 2.29. The highest BCUT2D eigenvalue weighted by atomic mass is 32.2. The smallest absolute Gasteiger partial charge is 0.242 e. The van der Waals surface area contributed by atoms with Gasteiger partial charge in [-0.2, -0.15) is 0 Å². The Morgan fingerprint density at radius 3 is 2.70 bits per heavy atom. The lowest BCUT2D eigenvalue weighted by Gasteiger charge is -2.27. The van der Waals surface area contributed by atoms with Crippen LogP contribution in [0, 0.1) is 5.92 Å². The number of imidazole rings is 1. The third-order valence-electron chi connectivity index (χ3n) is 5.42. The fourth-order valence-electron chi connectivity index (χ4n) is 3.61. The van der Waals surface area contributed by atoms with Gasteiger partial charge < -0.3 is 9.47 Å². The molecule has 2 aromatic heterocycles. The van der Waals surface area contributed by atoms with Crippen molar-refractivity contribution in [2.75, 3.05) is 18.0 Å². The molecule has 0 bridgehead atoms. The standard InChI is InChI=1S/C19H27N5O2S/c1-13(2)19-22-16-12-24(9-8-17(16)23(19)3)18-7-6-15(11-20-18)27(25,26)21-10-14-4-5-14/h6-7,11,13-14,21H,4-5,8-10,12H2,1-3H3. The van der Waals surface area contributed by atoms with Crippen molar-refractivity contribution in [1.29, 1.82) is 0 Å². The molecule has 0 radical (unpaired) electrons. The lowest BCUT2D eigenvalue weighted by atomic mass is 10.1. The van der Waals surface area contributed by atoms with Gasteiger partial charge in [-0.25, -0.2) is 23.1 Å². The van der Waals surface area contributed by atoms with Gasteiger partial charge >= 0.3 is 0 Å². The summed E-state index contributed by atoms with van der Waals surface area (Å²) in [5, 5.41) is 0. The number of sulfonamides is 1. The van der Waals surface area contributed by atoms with E-state index < -0.39 is 10.0 Å². The monoisotopic (exact) mass is 389 g/mol. The molecule has 146 valence electrons. The Morgan fingerprint density at radius 2 is 2.07 bits per heavy atom. The molecule has 0 spiro atoms. The first kappa shape index (κ1) is 18.4. The molecule has 0 atom stereocenters. The van der Waals surface area contributed by atoms with Crippen molar-refractivity contribution in [1.82, 2.24) is 19.3 Å². The molecule has 2 aromatic rings. The normalized spacial score (nSPS) is 17.4. The molecule has 1 saturated carbocycles. The quantitative estimate of drug-likeness (QED) is 0.819. The third kappa shape index (κ3) is 3.73. The highest BCUT2D eigenvalue weighted by Gasteiger charge is 2.26. The molecule has 1 N–H and O–H groups in total. The number of hydrogen-bond donors (Lipinski definition) is 1. The summed E-state index contributed by atoms with van der Waals surface area (Å²) in [4.78, 5) is 11.6. The Morgan fingerprint density at radius 1 is 1.30 bits per heavy atom. The fraction of sp³-hybridized carbons (Fsp3) is 0.579. The van der Waals surface area contributed by atoms with E-state index in [1.54, 1.807) is 12.1 Å². The van der Waals surface area contributed by atoms with Crippen molar-refractivity contribution < 1.29 is 8.42 Å². The van der Waals surface area contributed by atoms with Crippen molar-refractivity contribution in [2.45, 2.75) is 50.5 Å². The maximum Gasteiger partial charge on any atom is 0.242 e. The van der Waals surface area contributed by atoms with Crippen molar-refractivity contribution in [3.8, 4) is 0 Å². The molecule has 0 aromatic carbocycles. The lowest BCUT2D eigenvalue weighted by Crippen LogP contribution is -2.32. The molecule has 8 heteroatoms. The van der Waals surface area contributed by atoms with E-state index in [0.29, 0.717) is 24.9 Å². The van der Waals surface area contributed by atoms with Crippen LogP contribution in [-0.4, -0.2) is 36.0 Å². The molecule has 4 rings (SSSR count). The average Bonchev–Trinajstić information content (AvgIpc) is 3.43. The van der Waals surface area contributed by atoms with E-state index in [2.05, 4.69) is 40.1 Å². The topological polar surface area (TPSA) is 80.1 Å². The number of nitrogens with one attached hydrogen (secondary N) is 1. The van der Waals surface area contributed by atoms with Gasteiger partial charge in [0.15, 0.2) is 0 Å². The predicted octanol–water partition coefficient (Wildman–Crippen LogP) is 2.19. The summed E-state index contributed by atoms with van der Waals surface area (Å²) >= 11 is 0. The minimum atomic E-state index is -3.47. The van der Waals surface area contributed by atoms with Gasteiger partial charge in [-0.3, -0.25) is 0 Å². The van der Waals surface area contributed by atoms with Gasteiger partial charge in [0.25, 0.3) is 0 Å². The largest absolute Gasteiger partial charge is 0.350 e. The Kier molecular flexibility index (Phi) is 4.71. The van der Waals surface area contributed by atoms with Gasteiger partial charge in [0, 0.05) is 44.4 Å². The molecular weight excluding hydrogens is 362 g/mol. The van der Waals surface area contributed by atoms with Crippen molar-refractivity contribution in [2.24, 2.45) is 13.0 Å². The van der Waals surface area contributed by atoms with E-state index in [4.69, 9.17) is 4.98 Å². The Labute approximate surface area is 160 Å². The van der Waals surface area contributed by atoms with E-state index in [0.717, 1.165) is 43.1 Å². The van der Waals surface area contributed by atoms with Gasteiger partial charge in [-0.05, 0) is 30.9 Å². The van der Waals surface area contributed by atoms with E-state index in [9.17, 15) is 8.42 Å². The number of hydrogen-bond acceptors (Lipinski definition) is 5. The Hall–Kier alpha value is -1.93. The van der Waals surface area contributed by atoms with E-state index >= 15 is 0 Å². The van der Waals surface area contributed by atoms with Crippen LogP contribution in [0.3, 0.4) is 0 Å². The second kappa shape index (κ2) is 6.91. The summed E-state index contributed by atoms with van der Waals surface area (Å²) in [6.07, 6.45) is 4.60. The zero-order valence-corrected chi connectivity index (χ0v) is 17.0. The summed E-state index contributed by atoms with van der Waals surface area (Å²) < 4.78 is 29.6. The first-order valence-corrected chi connectivity index (χ1v) is 11.1. The Bertz CT molecular complexity index is 930. The van der Waals surface area contributed by atoms with Crippen LogP contribution in [-0.2, 0) is 30.0 Å². The van der Waals surface area contributed by atoms with Crippen molar-refractivity contribution in [3.63, 3.8) is 0 Å². The number of aromatic nitrogens is 3. The molecule has 1 fully saturated rings. The van der Waals surface area contributed by atoms with Crippen LogP contribution in [0.5, 0.6) is 0 Å². The van der Waals surface area contributed by atoms with Crippen LogP contribution in [0.1, 0.15) is 49.8 Å². The SMILES string of the molecule is CC(C)c1nc2c(n1C)CCN(c1ccc(S(=O)(=O)NCC3CC3)cn1)C2. The van der Waals surface area contributed by atoms with Crippen LogP contribution in [0.2, 0.25) is 0 Å². The second-order valence-electron chi connectivity index (χ2n) is 7.90. The summed E-state index contributed by atoms with van der Waals surface area (Å²) in [6, 6.07) is 3.44. The zero-order valence-electron chi connectivity index (χ0n) is 16.1. The summed E-state index contributed by atoms with van der Waals surface area (Å²) in [5.41, 5.74) is 2.38. The van der Waals surface area contributed by atoms with E-state index in [1.807, 2.05) is 0 Å². The molecule has 0 saturated heterocycles. The van der Waals surface area contributed by atoms with Crippen molar-refractivity contribution >= 4 is 15.8 Å². The minimum absolute atomic E-state index is 0.226. The molecule has 1 aliphatic heterocycles. The first-order chi connectivity index (χ1) is 12.8. The fourth-order valence-corrected chi connectivity index (χ4v) is 4.67. The summed E-state index contributed by atoms with van der Waals surface area (Å²) in [6.45, 7) is 6.39. The Balaban J connectivity index is 1.49. The molecular formula is C19H27N5O2S. The maximum atomic E-state index is 12.3. The van der Waals surface area contributed by atoms with Gasteiger partial charge in [0.05, 0.1) is 12.2 Å². The molecule has 7 nitrogen and oxygen atoms in total. The van der Waals surface area contributed by atoms with Gasteiger partial charge in [0.2, 0.25) is 10.0 Å². The first-order valence-electron chi connectivity index (χ1n) is 9.60. The van der Waals surface area contributed by atoms with Gasteiger partial charge in [0.1, 0.15) is 16.5 Å². The van der Waals surface area contributed by atoms with Gasteiger partial charge in [-0.1, -0.05) is 13.8 Å². The van der Waals surface area contributed by atoms with Crippen LogP contribution in [0.15, 0.2) is 23.2 Å². The molecule has 0 unspecified atom stereocenters. The zero-order chi connectivity index (χ0) is 19.2. The minimum Gasteiger partial charge on any atom is -0.350 e.